The van der Waals surface area contributed by atoms with Gasteiger partial charge in [0, 0.05) is 38.3 Å². The van der Waals surface area contributed by atoms with E-state index in [1.165, 1.54) is 12.8 Å². The molecule has 2 bridgehead atoms. The first-order valence-electron chi connectivity index (χ1n) is 6.43. The molecule has 4 nitrogen and oxygen atoms in total. The van der Waals surface area contributed by atoms with Crippen molar-refractivity contribution in [3.63, 3.8) is 0 Å². The average molecular weight is 225 g/mol. The summed E-state index contributed by atoms with van der Waals surface area (Å²) in [5.41, 5.74) is 0. The Labute approximate surface area is 98.2 Å². The molecule has 16 heavy (non-hydrogen) atoms. The molecule has 0 unspecified atom stereocenters. The number of carbonyl (C=O) groups excluding carboxylic acids is 1. The highest BCUT2D eigenvalue weighted by Crippen LogP contribution is 2.28. The molecule has 0 aromatic carbocycles. The van der Waals surface area contributed by atoms with Crippen LogP contribution in [0.15, 0.2) is 0 Å². The first-order chi connectivity index (χ1) is 7.67. The van der Waals surface area contributed by atoms with Crippen molar-refractivity contribution in [3.8, 4) is 0 Å². The Kier molecular flexibility index (Phi) is 3.38. The van der Waals surface area contributed by atoms with Crippen LogP contribution in [0.3, 0.4) is 0 Å². The molecule has 2 aliphatic rings. The van der Waals surface area contributed by atoms with E-state index < -0.39 is 0 Å². The van der Waals surface area contributed by atoms with Crippen LogP contribution in [-0.2, 0) is 0 Å². The Bertz CT molecular complexity index is 251. The van der Waals surface area contributed by atoms with Gasteiger partial charge >= 0.3 is 6.03 Å². The zero-order valence-electron chi connectivity index (χ0n) is 10.6. The third-order valence-corrected chi connectivity index (χ3v) is 4.15. The van der Waals surface area contributed by atoms with Gasteiger partial charge in [0.2, 0.25) is 0 Å². The lowest BCUT2D eigenvalue weighted by Gasteiger charge is -2.40. The lowest BCUT2D eigenvalue weighted by atomic mass is 10.2. The molecule has 0 saturated carbocycles. The van der Waals surface area contributed by atoms with E-state index >= 15 is 0 Å². The lowest BCUT2D eigenvalue weighted by Crippen LogP contribution is -2.56. The van der Waals surface area contributed by atoms with E-state index in [0.29, 0.717) is 12.1 Å². The number of piperazine rings is 1. The third-order valence-electron chi connectivity index (χ3n) is 4.15. The summed E-state index contributed by atoms with van der Waals surface area (Å²) in [4.78, 5) is 18.6. The number of likely N-dealkylation sites (tertiary alicyclic amines) is 1. The Morgan fingerprint density at radius 2 is 1.69 bits per heavy atom. The SMILES string of the molecule is CCN(CC)C(=O)N1C[C@H]2CC[C@H](C1)N2C. The number of nitrogens with zero attached hydrogens (tertiary/aromatic N) is 3. The minimum Gasteiger partial charge on any atom is -0.325 e. The van der Waals surface area contributed by atoms with Gasteiger partial charge in [0.1, 0.15) is 0 Å². The fourth-order valence-corrected chi connectivity index (χ4v) is 2.96. The first kappa shape index (κ1) is 11.7. The highest BCUT2D eigenvalue weighted by molar-refractivity contribution is 5.74. The van der Waals surface area contributed by atoms with Crippen LogP contribution in [0.5, 0.6) is 0 Å². The van der Waals surface area contributed by atoms with Crippen molar-refractivity contribution in [1.29, 1.82) is 0 Å². The van der Waals surface area contributed by atoms with E-state index in [0.717, 1.165) is 26.2 Å². The molecule has 0 aromatic rings. The molecule has 0 radical (unpaired) electrons. The predicted molar refractivity (Wildman–Crippen MR) is 64.5 cm³/mol. The maximum atomic E-state index is 12.2. The Hall–Kier alpha value is -0.770. The van der Waals surface area contributed by atoms with Gasteiger partial charge in [-0.15, -0.1) is 0 Å². The zero-order chi connectivity index (χ0) is 11.7. The van der Waals surface area contributed by atoms with Gasteiger partial charge in [-0.3, -0.25) is 4.90 Å². The summed E-state index contributed by atoms with van der Waals surface area (Å²) in [6, 6.07) is 1.42. The van der Waals surface area contributed by atoms with E-state index in [4.69, 9.17) is 0 Å². The van der Waals surface area contributed by atoms with Crippen molar-refractivity contribution < 1.29 is 4.79 Å². The van der Waals surface area contributed by atoms with Crippen molar-refractivity contribution in [2.75, 3.05) is 33.2 Å². The molecule has 0 spiro atoms. The number of urea groups is 1. The van der Waals surface area contributed by atoms with Crippen LogP contribution in [0, 0.1) is 0 Å². The molecule has 2 atom stereocenters. The maximum Gasteiger partial charge on any atom is 0.320 e. The first-order valence-corrected chi connectivity index (χ1v) is 6.43. The Morgan fingerprint density at radius 1 is 1.19 bits per heavy atom. The van der Waals surface area contributed by atoms with Gasteiger partial charge < -0.3 is 9.80 Å². The molecule has 0 aliphatic carbocycles. The second kappa shape index (κ2) is 4.62. The molecule has 2 saturated heterocycles. The standard InChI is InChI=1S/C12H23N3O/c1-4-14(5-2)12(16)15-8-10-6-7-11(9-15)13(10)3/h10-11H,4-9H2,1-3H3/t10-,11-/m1/s1. The van der Waals surface area contributed by atoms with Gasteiger partial charge in [-0.05, 0) is 33.7 Å². The quantitative estimate of drug-likeness (QED) is 0.706. The molecular weight excluding hydrogens is 202 g/mol. The third kappa shape index (κ3) is 1.90. The van der Waals surface area contributed by atoms with Crippen molar-refractivity contribution in [3.05, 3.63) is 0 Å². The molecule has 92 valence electrons. The Morgan fingerprint density at radius 3 is 2.12 bits per heavy atom. The summed E-state index contributed by atoms with van der Waals surface area (Å²) < 4.78 is 0. The summed E-state index contributed by atoms with van der Waals surface area (Å²) in [5, 5.41) is 0. The smallest absolute Gasteiger partial charge is 0.320 e. The highest BCUT2D eigenvalue weighted by atomic mass is 16.2. The highest BCUT2D eigenvalue weighted by Gasteiger charge is 2.39. The van der Waals surface area contributed by atoms with Crippen LogP contribution in [-0.4, -0.2) is 66.0 Å². The number of fused-ring (bicyclic) bond motifs is 2. The minimum atomic E-state index is 0.231. The predicted octanol–water partition coefficient (Wildman–Crippen LogP) is 1.23. The summed E-state index contributed by atoms with van der Waals surface area (Å²) >= 11 is 0. The van der Waals surface area contributed by atoms with E-state index in [2.05, 4.69) is 16.8 Å². The summed E-state index contributed by atoms with van der Waals surface area (Å²) in [7, 11) is 2.20. The molecule has 0 aromatic heterocycles. The number of hydrogen-bond acceptors (Lipinski definition) is 2. The molecule has 2 rings (SSSR count). The minimum absolute atomic E-state index is 0.231. The lowest BCUT2D eigenvalue weighted by molar-refractivity contribution is 0.0864. The second-order valence-corrected chi connectivity index (χ2v) is 4.91. The molecule has 2 amide bonds. The molecule has 0 N–H and O–H groups in total. The number of rotatable bonds is 2. The van der Waals surface area contributed by atoms with E-state index in [1.54, 1.807) is 0 Å². The average Bonchev–Trinajstić information content (AvgIpc) is 2.54. The molecule has 4 heteroatoms. The van der Waals surface area contributed by atoms with Crippen LogP contribution in [0.4, 0.5) is 4.79 Å². The van der Waals surface area contributed by atoms with Crippen LogP contribution >= 0.6 is 0 Å². The number of likely N-dealkylation sites (N-methyl/N-ethyl adjacent to an activating group) is 1. The molecule has 2 heterocycles. The number of amides is 2. The van der Waals surface area contributed by atoms with Crippen molar-refractivity contribution in [2.45, 2.75) is 38.8 Å². The molecular formula is C12H23N3O. The second-order valence-electron chi connectivity index (χ2n) is 4.91. The van der Waals surface area contributed by atoms with Gasteiger partial charge in [0.05, 0.1) is 0 Å². The molecule has 2 fully saturated rings. The van der Waals surface area contributed by atoms with Crippen molar-refractivity contribution >= 4 is 6.03 Å². The van der Waals surface area contributed by atoms with E-state index in [-0.39, 0.29) is 6.03 Å². The van der Waals surface area contributed by atoms with Gasteiger partial charge in [-0.25, -0.2) is 4.79 Å². The normalized spacial score (nSPS) is 29.6. The van der Waals surface area contributed by atoms with Gasteiger partial charge in [-0.2, -0.15) is 0 Å². The topological polar surface area (TPSA) is 26.8 Å². The monoisotopic (exact) mass is 225 g/mol. The summed E-state index contributed by atoms with van der Waals surface area (Å²) in [5.74, 6) is 0. The fourth-order valence-electron chi connectivity index (χ4n) is 2.96. The van der Waals surface area contributed by atoms with Crippen LogP contribution in [0.2, 0.25) is 0 Å². The van der Waals surface area contributed by atoms with Crippen LogP contribution < -0.4 is 0 Å². The maximum absolute atomic E-state index is 12.2. The summed E-state index contributed by atoms with van der Waals surface area (Å²) in [6.07, 6.45) is 2.51. The van der Waals surface area contributed by atoms with Crippen molar-refractivity contribution in [1.82, 2.24) is 14.7 Å². The number of hydrogen-bond donors (Lipinski definition) is 0. The summed E-state index contributed by atoms with van der Waals surface area (Å²) in [6.45, 7) is 7.57. The Balaban J connectivity index is 1.99. The fraction of sp³-hybridized carbons (Fsp3) is 0.917. The van der Waals surface area contributed by atoms with Crippen molar-refractivity contribution in [2.24, 2.45) is 0 Å². The van der Waals surface area contributed by atoms with Gasteiger partial charge in [-0.1, -0.05) is 0 Å². The van der Waals surface area contributed by atoms with Crippen LogP contribution in [0.25, 0.3) is 0 Å². The largest absolute Gasteiger partial charge is 0.325 e. The van der Waals surface area contributed by atoms with Gasteiger partial charge in [0.15, 0.2) is 0 Å². The molecule has 2 aliphatic heterocycles. The number of carbonyl (C=O) groups is 1. The van der Waals surface area contributed by atoms with E-state index in [9.17, 15) is 4.79 Å². The zero-order valence-corrected chi connectivity index (χ0v) is 10.6. The van der Waals surface area contributed by atoms with Gasteiger partial charge in [0.25, 0.3) is 0 Å². The van der Waals surface area contributed by atoms with E-state index in [1.807, 2.05) is 18.7 Å². The van der Waals surface area contributed by atoms with Crippen LogP contribution in [0.1, 0.15) is 26.7 Å².